The molecule has 0 fully saturated rings. The average molecular weight is 362 g/mol. The maximum atomic E-state index is 11.0. The summed E-state index contributed by atoms with van der Waals surface area (Å²) in [5.74, 6) is 1.22. The van der Waals surface area contributed by atoms with Crippen molar-refractivity contribution >= 4 is 10.1 Å². The third-order valence-electron chi connectivity index (χ3n) is 4.10. The molecule has 0 aromatic heterocycles. The molecule has 2 aromatic carbocycles. The molecule has 0 atom stereocenters. The van der Waals surface area contributed by atoms with Gasteiger partial charge in [-0.3, -0.25) is 4.55 Å². The van der Waals surface area contributed by atoms with E-state index in [9.17, 15) is 8.42 Å². The Kier molecular flexibility index (Phi) is 7.47. The lowest BCUT2D eigenvalue weighted by atomic mass is 10.0. The summed E-state index contributed by atoms with van der Waals surface area (Å²) in [5, 5.41) is 0. The summed E-state index contributed by atoms with van der Waals surface area (Å²) >= 11 is 0. The standard InChI is InChI=1S/C20H26O4S/c1-2-3-4-5-6-7-8-17-9-11-18(12-10-17)24-19-13-15-20(16-14-19)25(21,22)23/h9-16H,2-8H2,1H3,(H,21,22,23). The van der Waals surface area contributed by atoms with Gasteiger partial charge < -0.3 is 4.74 Å². The number of aryl methyl sites for hydroxylation is 1. The molecular weight excluding hydrogens is 336 g/mol. The Balaban J connectivity index is 1.82. The molecule has 0 aliphatic carbocycles. The molecule has 136 valence electrons. The third kappa shape index (κ3) is 6.88. The van der Waals surface area contributed by atoms with Gasteiger partial charge in [-0.15, -0.1) is 0 Å². The van der Waals surface area contributed by atoms with Gasteiger partial charge in [0.25, 0.3) is 10.1 Å². The van der Waals surface area contributed by atoms with Gasteiger partial charge >= 0.3 is 0 Å². The minimum absolute atomic E-state index is 0.144. The van der Waals surface area contributed by atoms with Gasteiger partial charge in [-0.25, -0.2) is 0 Å². The molecule has 2 rings (SSSR count). The van der Waals surface area contributed by atoms with E-state index in [0.29, 0.717) is 11.5 Å². The van der Waals surface area contributed by atoms with Crippen LogP contribution in [0.25, 0.3) is 0 Å². The summed E-state index contributed by atoms with van der Waals surface area (Å²) in [6.45, 7) is 2.23. The third-order valence-corrected chi connectivity index (χ3v) is 4.97. The molecule has 4 nitrogen and oxygen atoms in total. The van der Waals surface area contributed by atoms with Gasteiger partial charge in [-0.2, -0.15) is 8.42 Å². The maximum Gasteiger partial charge on any atom is 0.294 e. The van der Waals surface area contributed by atoms with Crippen LogP contribution in [0, 0.1) is 0 Å². The van der Waals surface area contributed by atoms with Crippen LogP contribution >= 0.6 is 0 Å². The van der Waals surface area contributed by atoms with E-state index < -0.39 is 10.1 Å². The Morgan fingerprint density at radius 3 is 1.88 bits per heavy atom. The quantitative estimate of drug-likeness (QED) is 0.439. The van der Waals surface area contributed by atoms with Crippen molar-refractivity contribution < 1.29 is 17.7 Å². The minimum atomic E-state index is -4.17. The number of unbranched alkanes of at least 4 members (excludes halogenated alkanes) is 5. The fourth-order valence-electron chi connectivity index (χ4n) is 2.65. The summed E-state index contributed by atoms with van der Waals surface area (Å²) in [4.78, 5) is -0.144. The Morgan fingerprint density at radius 1 is 0.800 bits per heavy atom. The van der Waals surface area contributed by atoms with Crippen LogP contribution in [0.1, 0.15) is 51.0 Å². The molecule has 0 unspecified atom stereocenters. The van der Waals surface area contributed by atoms with Crippen molar-refractivity contribution in [2.75, 3.05) is 0 Å². The molecule has 1 N–H and O–H groups in total. The first-order valence-corrected chi connectivity index (χ1v) is 10.3. The summed E-state index contributed by atoms with van der Waals surface area (Å²) < 4.78 is 36.7. The fourth-order valence-corrected chi connectivity index (χ4v) is 3.13. The highest BCUT2D eigenvalue weighted by Gasteiger charge is 2.09. The Bertz CT molecular complexity index is 734. The van der Waals surface area contributed by atoms with Gasteiger partial charge in [0, 0.05) is 0 Å². The van der Waals surface area contributed by atoms with Crippen molar-refractivity contribution in [1.82, 2.24) is 0 Å². The van der Waals surface area contributed by atoms with Crippen LogP contribution in [-0.4, -0.2) is 13.0 Å². The van der Waals surface area contributed by atoms with Crippen LogP contribution in [0.15, 0.2) is 53.4 Å². The molecule has 0 saturated carbocycles. The predicted octanol–water partition coefficient (Wildman–Crippen LogP) is 5.63. The Morgan fingerprint density at radius 2 is 1.32 bits per heavy atom. The van der Waals surface area contributed by atoms with Crippen LogP contribution in [0.4, 0.5) is 0 Å². The summed E-state index contributed by atoms with van der Waals surface area (Å²) in [7, 11) is -4.17. The smallest absolute Gasteiger partial charge is 0.294 e. The first-order valence-electron chi connectivity index (χ1n) is 8.83. The van der Waals surface area contributed by atoms with Crippen LogP contribution in [-0.2, 0) is 16.5 Å². The lowest BCUT2D eigenvalue weighted by Gasteiger charge is -2.07. The van der Waals surface area contributed by atoms with Gasteiger partial charge in [-0.05, 0) is 54.8 Å². The summed E-state index contributed by atoms with van der Waals surface area (Å²) in [6.07, 6.45) is 8.82. The van der Waals surface area contributed by atoms with E-state index in [0.717, 1.165) is 6.42 Å². The molecule has 5 heteroatoms. The molecule has 25 heavy (non-hydrogen) atoms. The van der Waals surface area contributed by atoms with Crippen molar-refractivity contribution in [3.63, 3.8) is 0 Å². The number of hydrogen-bond donors (Lipinski definition) is 1. The largest absolute Gasteiger partial charge is 0.457 e. The van der Waals surface area contributed by atoms with Crippen molar-refractivity contribution in [1.29, 1.82) is 0 Å². The van der Waals surface area contributed by atoms with Crippen molar-refractivity contribution in [3.8, 4) is 11.5 Å². The highest BCUT2D eigenvalue weighted by atomic mass is 32.2. The molecule has 0 saturated heterocycles. The molecule has 2 aromatic rings. The van der Waals surface area contributed by atoms with E-state index >= 15 is 0 Å². The monoisotopic (exact) mass is 362 g/mol. The van der Waals surface area contributed by atoms with E-state index in [-0.39, 0.29) is 4.90 Å². The van der Waals surface area contributed by atoms with E-state index in [1.54, 1.807) is 0 Å². The zero-order valence-electron chi connectivity index (χ0n) is 14.6. The van der Waals surface area contributed by atoms with Gasteiger partial charge in [-0.1, -0.05) is 51.2 Å². The van der Waals surface area contributed by atoms with Gasteiger partial charge in [0.2, 0.25) is 0 Å². The van der Waals surface area contributed by atoms with E-state index in [1.165, 1.54) is 68.4 Å². The predicted molar refractivity (Wildman–Crippen MR) is 99.9 cm³/mol. The maximum absolute atomic E-state index is 11.0. The minimum Gasteiger partial charge on any atom is -0.457 e. The second-order valence-corrected chi connectivity index (χ2v) is 7.63. The van der Waals surface area contributed by atoms with Crippen molar-refractivity contribution in [2.24, 2.45) is 0 Å². The molecule has 0 bridgehead atoms. The Hall–Kier alpha value is -1.85. The zero-order valence-corrected chi connectivity index (χ0v) is 15.5. The molecule has 0 spiro atoms. The lowest BCUT2D eigenvalue weighted by Crippen LogP contribution is -1.97. The van der Waals surface area contributed by atoms with Gasteiger partial charge in [0.15, 0.2) is 0 Å². The van der Waals surface area contributed by atoms with E-state index in [4.69, 9.17) is 9.29 Å². The lowest BCUT2D eigenvalue weighted by molar-refractivity contribution is 0.478. The van der Waals surface area contributed by atoms with Gasteiger partial charge in [0.1, 0.15) is 11.5 Å². The van der Waals surface area contributed by atoms with E-state index in [2.05, 4.69) is 19.1 Å². The molecule has 0 amide bonds. The first-order chi connectivity index (χ1) is 12.0. The highest BCUT2D eigenvalue weighted by Crippen LogP contribution is 2.23. The topological polar surface area (TPSA) is 63.6 Å². The summed E-state index contributed by atoms with van der Waals surface area (Å²) in [5.41, 5.74) is 1.30. The van der Waals surface area contributed by atoms with E-state index in [1.807, 2.05) is 12.1 Å². The van der Waals surface area contributed by atoms with Crippen LogP contribution in [0.3, 0.4) is 0 Å². The zero-order chi connectivity index (χ0) is 18.1. The number of rotatable bonds is 10. The SMILES string of the molecule is CCCCCCCCc1ccc(Oc2ccc(S(=O)(=O)O)cc2)cc1. The first kappa shape index (κ1) is 19.5. The highest BCUT2D eigenvalue weighted by molar-refractivity contribution is 7.85. The molecular formula is C20H26O4S. The number of hydrogen-bond acceptors (Lipinski definition) is 3. The summed E-state index contributed by atoms with van der Waals surface area (Å²) in [6, 6.07) is 13.6. The van der Waals surface area contributed by atoms with Gasteiger partial charge in [0.05, 0.1) is 4.90 Å². The Labute approximate surface area is 150 Å². The van der Waals surface area contributed by atoms with Crippen LogP contribution in [0.2, 0.25) is 0 Å². The van der Waals surface area contributed by atoms with Crippen molar-refractivity contribution in [2.45, 2.75) is 56.8 Å². The second kappa shape index (κ2) is 9.59. The second-order valence-electron chi connectivity index (χ2n) is 6.21. The average Bonchev–Trinajstić information content (AvgIpc) is 2.59. The molecule has 0 radical (unpaired) electrons. The number of benzene rings is 2. The number of ether oxygens (including phenoxy) is 1. The molecule has 0 aliphatic rings. The molecule has 0 aliphatic heterocycles. The van der Waals surface area contributed by atoms with Crippen LogP contribution in [0.5, 0.6) is 11.5 Å². The van der Waals surface area contributed by atoms with Crippen LogP contribution < -0.4 is 4.74 Å². The normalized spacial score (nSPS) is 11.4. The van der Waals surface area contributed by atoms with Crippen molar-refractivity contribution in [3.05, 3.63) is 54.1 Å². The molecule has 0 heterocycles. The fraction of sp³-hybridized carbons (Fsp3) is 0.400.